The van der Waals surface area contributed by atoms with Crippen molar-refractivity contribution in [2.24, 2.45) is 0 Å². The zero-order valence-electron chi connectivity index (χ0n) is 14.6. The van der Waals surface area contributed by atoms with Crippen molar-refractivity contribution in [2.75, 3.05) is 6.54 Å². The Bertz CT molecular complexity index is 968. The van der Waals surface area contributed by atoms with Gasteiger partial charge in [0, 0.05) is 24.9 Å². The van der Waals surface area contributed by atoms with E-state index in [4.69, 9.17) is 4.42 Å². The third-order valence-corrected chi connectivity index (χ3v) is 5.22. The first-order valence-electron chi connectivity index (χ1n) is 9.09. The Morgan fingerprint density at radius 2 is 1.81 bits per heavy atom. The van der Waals surface area contributed by atoms with Crippen molar-refractivity contribution in [1.29, 1.82) is 0 Å². The molecule has 0 saturated heterocycles. The summed E-state index contributed by atoms with van der Waals surface area (Å²) >= 11 is 0. The van der Waals surface area contributed by atoms with Gasteiger partial charge in [-0.05, 0) is 37.0 Å². The van der Waals surface area contributed by atoms with Crippen LogP contribution in [-0.4, -0.2) is 17.0 Å². The summed E-state index contributed by atoms with van der Waals surface area (Å²) in [6.07, 6.45) is 3.24. The zero-order chi connectivity index (χ0) is 18.0. The van der Waals surface area contributed by atoms with Crippen LogP contribution in [0.1, 0.15) is 31.2 Å². The maximum atomic E-state index is 12.2. The summed E-state index contributed by atoms with van der Waals surface area (Å²) in [5.74, 6) is -0.333. The van der Waals surface area contributed by atoms with E-state index in [1.54, 1.807) is 10.6 Å². The molecule has 134 valence electrons. The number of carbonyl (C=O) groups excluding carboxylic acids is 1. The van der Waals surface area contributed by atoms with Gasteiger partial charge in [-0.3, -0.25) is 9.36 Å². The van der Waals surface area contributed by atoms with Crippen LogP contribution >= 0.6 is 0 Å². The predicted octanol–water partition coefficient (Wildman–Crippen LogP) is 3.22. The summed E-state index contributed by atoms with van der Waals surface area (Å²) in [4.78, 5) is 24.1. The van der Waals surface area contributed by atoms with E-state index in [0.717, 1.165) is 18.4 Å². The van der Waals surface area contributed by atoms with Crippen molar-refractivity contribution in [3.05, 3.63) is 70.7 Å². The van der Waals surface area contributed by atoms with Gasteiger partial charge in [0.05, 0.1) is 5.52 Å². The van der Waals surface area contributed by atoms with E-state index in [9.17, 15) is 9.59 Å². The molecule has 0 bridgehead atoms. The second-order valence-electron chi connectivity index (χ2n) is 7.01. The summed E-state index contributed by atoms with van der Waals surface area (Å²) in [5, 5.41) is 3.07. The molecular weight excluding hydrogens is 328 g/mol. The molecule has 1 heterocycles. The third kappa shape index (κ3) is 3.29. The van der Waals surface area contributed by atoms with Gasteiger partial charge in [0.2, 0.25) is 5.91 Å². The molecule has 4 rings (SSSR count). The van der Waals surface area contributed by atoms with Gasteiger partial charge in [-0.1, -0.05) is 42.5 Å². The van der Waals surface area contributed by atoms with Crippen LogP contribution in [0.5, 0.6) is 0 Å². The van der Waals surface area contributed by atoms with E-state index >= 15 is 0 Å². The molecule has 0 aliphatic heterocycles. The van der Waals surface area contributed by atoms with E-state index in [-0.39, 0.29) is 17.1 Å². The molecule has 5 heteroatoms. The maximum absolute atomic E-state index is 12.2. The fourth-order valence-corrected chi connectivity index (χ4v) is 3.49. The first-order chi connectivity index (χ1) is 12.7. The van der Waals surface area contributed by atoms with Gasteiger partial charge >= 0.3 is 5.76 Å². The Balaban J connectivity index is 1.30. The van der Waals surface area contributed by atoms with E-state index in [2.05, 4.69) is 17.4 Å². The molecule has 2 aromatic carbocycles. The number of para-hydroxylation sites is 2. The standard InChI is InChI=1S/C21H22N2O3/c24-19(22-15-21(12-13-21)16-7-2-1-3-8-16)11-6-14-23-17-9-4-5-10-18(17)26-20(23)25/h1-5,7-10H,6,11-15H2,(H,22,24). The number of hydrogen-bond donors (Lipinski definition) is 1. The fourth-order valence-electron chi connectivity index (χ4n) is 3.49. The van der Waals surface area contributed by atoms with Crippen LogP contribution < -0.4 is 11.1 Å². The van der Waals surface area contributed by atoms with Gasteiger partial charge in [0.15, 0.2) is 5.58 Å². The van der Waals surface area contributed by atoms with Crippen molar-refractivity contribution in [1.82, 2.24) is 9.88 Å². The van der Waals surface area contributed by atoms with Gasteiger partial charge < -0.3 is 9.73 Å². The molecule has 1 N–H and O–H groups in total. The smallest absolute Gasteiger partial charge is 0.408 e. The monoisotopic (exact) mass is 350 g/mol. The Morgan fingerprint density at radius 3 is 2.58 bits per heavy atom. The molecule has 0 unspecified atom stereocenters. The summed E-state index contributed by atoms with van der Waals surface area (Å²) in [6.45, 7) is 1.16. The minimum atomic E-state index is -0.368. The molecule has 0 spiro atoms. The van der Waals surface area contributed by atoms with Crippen LogP contribution in [0.4, 0.5) is 0 Å². The molecular formula is C21H22N2O3. The number of fused-ring (bicyclic) bond motifs is 1. The third-order valence-electron chi connectivity index (χ3n) is 5.22. The predicted molar refractivity (Wildman–Crippen MR) is 100 cm³/mol. The number of rotatable bonds is 7. The highest BCUT2D eigenvalue weighted by Gasteiger charge is 2.44. The number of nitrogens with zero attached hydrogens (tertiary/aromatic N) is 1. The molecule has 1 aromatic heterocycles. The number of benzene rings is 2. The van der Waals surface area contributed by atoms with E-state index in [1.807, 2.05) is 36.4 Å². The minimum Gasteiger partial charge on any atom is -0.408 e. The van der Waals surface area contributed by atoms with Crippen molar-refractivity contribution < 1.29 is 9.21 Å². The number of nitrogens with one attached hydrogen (secondary N) is 1. The minimum absolute atomic E-state index is 0.0352. The molecule has 0 radical (unpaired) electrons. The molecule has 26 heavy (non-hydrogen) atoms. The summed E-state index contributed by atoms with van der Waals surface area (Å²) < 4.78 is 6.81. The number of aryl methyl sites for hydroxylation is 1. The Kier molecular flexibility index (Phi) is 4.37. The number of amides is 1. The molecule has 0 atom stereocenters. The van der Waals surface area contributed by atoms with E-state index in [1.165, 1.54) is 5.56 Å². The van der Waals surface area contributed by atoms with Crippen molar-refractivity contribution in [3.8, 4) is 0 Å². The average molecular weight is 350 g/mol. The van der Waals surface area contributed by atoms with Crippen molar-refractivity contribution in [3.63, 3.8) is 0 Å². The average Bonchev–Trinajstić information content (AvgIpc) is 3.40. The van der Waals surface area contributed by atoms with Crippen LogP contribution in [0.3, 0.4) is 0 Å². The Hall–Kier alpha value is -2.82. The quantitative estimate of drug-likeness (QED) is 0.711. The highest BCUT2D eigenvalue weighted by molar-refractivity contribution is 5.76. The first kappa shape index (κ1) is 16.6. The van der Waals surface area contributed by atoms with Crippen LogP contribution in [-0.2, 0) is 16.8 Å². The fraction of sp³-hybridized carbons (Fsp3) is 0.333. The van der Waals surface area contributed by atoms with Gasteiger partial charge in [-0.2, -0.15) is 0 Å². The number of oxazole rings is 1. The Labute approximate surface area is 151 Å². The second-order valence-corrected chi connectivity index (χ2v) is 7.01. The molecule has 1 amide bonds. The number of aromatic nitrogens is 1. The topological polar surface area (TPSA) is 64.2 Å². The normalized spacial score (nSPS) is 15.1. The van der Waals surface area contributed by atoms with Crippen LogP contribution in [0.15, 0.2) is 63.8 Å². The molecule has 3 aromatic rings. The SMILES string of the molecule is O=C(CCCn1c(=O)oc2ccccc21)NCC1(c2ccccc2)CC1. The van der Waals surface area contributed by atoms with E-state index in [0.29, 0.717) is 31.5 Å². The van der Waals surface area contributed by atoms with Gasteiger partial charge in [0.25, 0.3) is 0 Å². The van der Waals surface area contributed by atoms with Gasteiger partial charge in [-0.15, -0.1) is 0 Å². The van der Waals surface area contributed by atoms with Gasteiger partial charge in [0.1, 0.15) is 0 Å². The van der Waals surface area contributed by atoms with Crippen LogP contribution in [0, 0.1) is 0 Å². The van der Waals surface area contributed by atoms with Crippen LogP contribution in [0.25, 0.3) is 11.1 Å². The second kappa shape index (κ2) is 6.83. The lowest BCUT2D eigenvalue weighted by Crippen LogP contribution is -2.32. The van der Waals surface area contributed by atoms with E-state index < -0.39 is 0 Å². The lowest BCUT2D eigenvalue weighted by molar-refractivity contribution is -0.121. The zero-order valence-corrected chi connectivity index (χ0v) is 14.6. The maximum Gasteiger partial charge on any atom is 0.419 e. The van der Waals surface area contributed by atoms with Crippen molar-refractivity contribution >= 4 is 17.0 Å². The van der Waals surface area contributed by atoms with Gasteiger partial charge in [-0.25, -0.2) is 4.79 Å². The number of hydrogen-bond acceptors (Lipinski definition) is 3. The largest absolute Gasteiger partial charge is 0.419 e. The van der Waals surface area contributed by atoms with Crippen LogP contribution in [0.2, 0.25) is 0 Å². The molecule has 1 saturated carbocycles. The summed E-state index contributed by atoms with van der Waals surface area (Å²) in [7, 11) is 0. The molecule has 5 nitrogen and oxygen atoms in total. The molecule has 1 fully saturated rings. The molecule has 1 aliphatic carbocycles. The van der Waals surface area contributed by atoms with Crippen molar-refractivity contribution in [2.45, 2.75) is 37.6 Å². The first-order valence-corrected chi connectivity index (χ1v) is 9.09. The highest BCUT2D eigenvalue weighted by Crippen LogP contribution is 2.47. The summed E-state index contributed by atoms with van der Waals surface area (Å²) in [5.41, 5.74) is 2.78. The summed E-state index contributed by atoms with van der Waals surface area (Å²) in [6, 6.07) is 17.7. The lowest BCUT2D eigenvalue weighted by atomic mass is 9.96. The number of carbonyl (C=O) groups is 1. The lowest BCUT2D eigenvalue weighted by Gasteiger charge is -2.16. The Morgan fingerprint density at radius 1 is 1.08 bits per heavy atom. The molecule has 1 aliphatic rings. The highest BCUT2D eigenvalue weighted by atomic mass is 16.4.